The predicted molar refractivity (Wildman–Crippen MR) is 66.8 cm³/mol. The van der Waals surface area contributed by atoms with Gasteiger partial charge in [-0.1, -0.05) is 50.2 Å². The van der Waals surface area contributed by atoms with Crippen molar-refractivity contribution in [2.45, 2.75) is 33.1 Å². The van der Waals surface area contributed by atoms with E-state index in [9.17, 15) is 0 Å². The van der Waals surface area contributed by atoms with Gasteiger partial charge >= 0.3 is 0 Å². The second-order valence-electron chi connectivity index (χ2n) is 4.59. The Kier molecular flexibility index (Phi) is 4.35. The lowest BCUT2D eigenvalue weighted by Crippen LogP contribution is -2.19. The molecule has 1 atom stereocenters. The van der Waals surface area contributed by atoms with Crippen LogP contribution in [0.2, 0.25) is 0 Å². The third-order valence-electron chi connectivity index (χ3n) is 2.68. The Hall–Kier alpha value is -1.51. The summed E-state index contributed by atoms with van der Waals surface area (Å²) in [6, 6.07) is 8.30. The number of nitrogens with two attached hydrogens (primary N) is 1. The quantitative estimate of drug-likeness (QED) is 0.355. The van der Waals surface area contributed by atoms with E-state index in [0.29, 0.717) is 5.92 Å². The summed E-state index contributed by atoms with van der Waals surface area (Å²) in [5.41, 5.74) is 7.96. The Morgan fingerprint density at radius 1 is 1.25 bits per heavy atom. The van der Waals surface area contributed by atoms with Crippen LogP contribution in [0.5, 0.6) is 0 Å². The first-order valence-electron chi connectivity index (χ1n) is 5.60. The summed E-state index contributed by atoms with van der Waals surface area (Å²) in [6.45, 7) is 6.33. The minimum atomic E-state index is -0.0434. The van der Waals surface area contributed by atoms with Gasteiger partial charge in [0.1, 0.15) is 5.84 Å². The Bertz CT molecular complexity index is 355. The Balaban J connectivity index is 2.78. The second kappa shape index (κ2) is 5.54. The molecule has 1 rings (SSSR count). The van der Waals surface area contributed by atoms with Crippen LogP contribution in [0.15, 0.2) is 29.4 Å². The molecule has 0 aliphatic rings. The molecule has 16 heavy (non-hydrogen) atoms. The molecule has 0 heterocycles. The van der Waals surface area contributed by atoms with Crippen LogP contribution in [-0.4, -0.2) is 11.0 Å². The van der Waals surface area contributed by atoms with Crippen LogP contribution in [0.3, 0.4) is 0 Å². The van der Waals surface area contributed by atoms with E-state index in [1.807, 2.05) is 19.1 Å². The highest BCUT2D eigenvalue weighted by Crippen LogP contribution is 2.17. The minimum Gasteiger partial charge on any atom is -0.409 e. The van der Waals surface area contributed by atoms with E-state index < -0.39 is 0 Å². The van der Waals surface area contributed by atoms with Crippen LogP contribution >= 0.6 is 0 Å². The number of oxime groups is 1. The van der Waals surface area contributed by atoms with Gasteiger partial charge in [-0.2, -0.15) is 0 Å². The van der Waals surface area contributed by atoms with Crippen LogP contribution in [-0.2, 0) is 6.42 Å². The van der Waals surface area contributed by atoms with Crippen molar-refractivity contribution in [1.82, 2.24) is 0 Å². The van der Waals surface area contributed by atoms with Crippen LogP contribution in [0.25, 0.3) is 0 Å². The molecule has 3 nitrogen and oxygen atoms in total. The number of rotatable bonds is 4. The second-order valence-corrected chi connectivity index (χ2v) is 4.59. The maximum atomic E-state index is 8.60. The van der Waals surface area contributed by atoms with Gasteiger partial charge in [0.25, 0.3) is 0 Å². The van der Waals surface area contributed by atoms with Gasteiger partial charge in [0.2, 0.25) is 0 Å². The number of nitrogens with zero attached hydrogens (tertiary/aromatic N) is 1. The van der Waals surface area contributed by atoms with E-state index >= 15 is 0 Å². The van der Waals surface area contributed by atoms with Crippen molar-refractivity contribution in [1.29, 1.82) is 0 Å². The molecule has 0 radical (unpaired) electrons. The van der Waals surface area contributed by atoms with Crippen molar-refractivity contribution < 1.29 is 5.21 Å². The average molecular weight is 220 g/mol. The maximum absolute atomic E-state index is 8.60. The largest absolute Gasteiger partial charge is 0.409 e. The lowest BCUT2D eigenvalue weighted by Gasteiger charge is -2.11. The SMILES string of the molecule is CC(C)Cc1ccc(C(C)/C(N)=N/O)cc1. The third-order valence-corrected chi connectivity index (χ3v) is 2.68. The first-order chi connectivity index (χ1) is 7.54. The van der Waals surface area contributed by atoms with Crippen molar-refractivity contribution in [2.75, 3.05) is 0 Å². The zero-order valence-corrected chi connectivity index (χ0v) is 10.1. The van der Waals surface area contributed by atoms with Crippen LogP contribution < -0.4 is 5.73 Å². The summed E-state index contributed by atoms with van der Waals surface area (Å²) in [5.74, 6) is 0.863. The van der Waals surface area contributed by atoms with E-state index in [1.165, 1.54) is 5.56 Å². The lowest BCUT2D eigenvalue weighted by atomic mass is 9.96. The topological polar surface area (TPSA) is 58.6 Å². The zero-order chi connectivity index (χ0) is 12.1. The molecule has 3 N–H and O–H groups in total. The van der Waals surface area contributed by atoms with Crippen LogP contribution in [0.1, 0.15) is 37.8 Å². The molecular weight excluding hydrogens is 200 g/mol. The summed E-state index contributed by atoms with van der Waals surface area (Å²) in [4.78, 5) is 0. The molecule has 3 heteroatoms. The molecule has 0 aliphatic carbocycles. The molecule has 0 fully saturated rings. The summed E-state index contributed by atoms with van der Waals surface area (Å²) in [5, 5.41) is 11.6. The van der Waals surface area contributed by atoms with Crippen LogP contribution in [0, 0.1) is 5.92 Å². The molecule has 1 unspecified atom stereocenters. The molecule has 88 valence electrons. The summed E-state index contributed by atoms with van der Waals surface area (Å²) < 4.78 is 0. The van der Waals surface area contributed by atoms with Gasteiger partial charge in [-0.25, -0.2) is 0 Å². The molecule has 1 aromatic rings. The molecule has 0 saturated heterocycles. The summed E-state index contributed by atoms with van der Waals surface area (Å²) in [6.07, 6.45) is 1.08. The highest BCUT2D eigenvalue weighted by atomic mass is 16.4. The van der Waals surface area contributed by atoms with Gasteiger partial charge in [0.05, 0.1) is 0 Å². The maximum Gasteiger partial charge on any atom is 0.146 e. The fraction of sp³-hybridized carbons (Fsp3) is 0.462. The van der Waals surface area contributed by atoms with Gasteiger partial charge in [-0.05, 0) is 23.5 Å². The van der Waals surface area contributed by atoms with E-state index in [4.69, 9.17) is 10.9 Å². The van der Waals surface area contributed by atoms with Crippen molar-refractivity contribution in [3.05, 3.63) is 35.4 Å². The number of benzene rings is 1. The standard InChI is InChI=1S/C13H20N2O/c1-9(2)8-11-4-6-12(7-5-11)10(3)13(14)15-16/h4-7,9-10,16H,8H2,1-3H3,(H2,14,15). The number of hydrogen-bond acceptors (Lipinski definition) is 2. The highest BCUT2D eigenvalue weighted by Gasteiger charge is 2.10. The monoisotopic (exact) mass is 220 g/mol. The average Bonchev–Trinajstić information content (AvgIpc) is 2.27. The van der Waals surface area contributed by atoms with Gasteiger partial charge in [0.15, 0.2) is 0 Å². The fourth-order valence-corrected chi connectivity index (χ4v) is 1.67. The minimum absolute atomic E-state index is 0.0434. The van der Waals surface area contributed by atoms with Crippen molar-refractivity contribution in [3.63, 3.8) is 0 Å². The molecular formula is C13H20N2O. The Labute approximate surface area is 97.0 Å². The van der Waals surface area contributed by atoms with Crippen molar-refractivity contribution in [3.8, 4) is 0 Å². The van der Waals surface area contributed by atoms with Gasteiger partial charge in [-0.15, -0.1) is 0 Å². The fourth-order valence-electron chi connectivity index (χ4n) is 1.67. The molecule has 0 aromatic heterocycles. The predicted octanol–water partition coefficient (Wildman–Crippen LogP) is 2.74. The van der Waals surface area contributed by atoms with Crippen molar-refractivity contribution >= 4 is 5.84 Å². The molecule has 0 saturated carbocycles. The molecule has 0 spiro atoms. The Morgan fingerprint density at radius 2 is 1.81 bits per heavy atom. The van der Waals surface area contributed by atoms with Crippen molar-refractivity contribution in [2.24, 2.45) is 16.8 Å². The van der Waals surface area contributed by atoms with E-state index in [2.05, 4.69) is 31.1 Å². The van der Waals surface area contributed by atoms with Gasteiger partial charge in [0, 0.05) is 5.92 Å². The molecule has 0 aliphatic heterocycles. The van der Waals surface area contributed by atoms with Crippen LogP contribution in [0.4, 0.5) is 0 Å². The highest BCUT2D eigenvalue weighted by molar-refractivity contribution is 5.86. The number of amidine groups is 1. The Morgan fingerprint density at radius 3 is 2.25 bits per heavy atom. The normalized spacial score (nSPS) is 14.1. The first kappa shape index (κ1) is 12.6. The molecule has 0 bridgehead atoms. The van der Waals surface area contributed by atoms with E-state index in [0.717, 1.165) is 12.0 Å². The van der Waals surface area contributed by atoms with Gasteiger partial charge in [-0.3, -0.25) is 0 Å². The molecule has 0 amide bonds. The smallest absolute Gasteiger partial charge is 0.146 e. The first-order valence-corrected chi connectivity index (χ1v) is 5.60. The van der Waals surface area contributed by atoms with E-state index in [-0.39, 0.29) is 11.8 Å². The third kappa shape index (κ3) is 3.26. The lowest BCUT2D eigenvalue weighted by molar-refractivity contribution is 0.316. The van der Waals surface area contributed by atoms with Gasteiger partial charge < -0.3 is 10.9 Å². The summed E-state index contributed by atoms with van der Waals surface area (Å²) in [7, 11) is 0. The molecule has 1 aromatic carbocycles. The zero-order valence-electron chi connectivity index (χ0n) is 10.1. The number of hydrogen-bond donors (Lipinski definition) is 2. The summed E-state index contributed by atoms with van der Waals surface area (Å²) >= 11 is 0. The van der Waals surface area contributed by atoms with E-state index in [1.54, 1.807) is 0 Å².